The van der Waals surface area contributed by atoms with Gasteiger partial charge in [-0.3, -0.25) is 0 Å². The van der Waals surface area contributed by atoms with E-state index in [9.17, 15) is 9.59 Å². The number of methoxy groups -OCH3 is 1. The molecule has 0 N–H and O–H groups in total. The molecule has 2 bridgehead atoms. The van der Waals surface area contributed by atoms with E-state index in [2.05, 4.69) is 18.2 Å². The molecule has 7 aliphatic rings. The summed E-state index contributed by atoms with van der Waals surface area (Å²) in [5.41, 5.74) is 0.117. The van der Waals surface area contributed by atoms with Crippen LogP contribution in [-0.2, 0) is 4.74 Å². The van der Waals surface area contributed by atoms with E-state index in [0.717, 1.165) is 5.76 Å². The minimum Gasteiger partial charge on any atom is -0.500 e. The molecule has 2 spiro atoms. The third-order valence-electron chi connectivity index (χ3n) is 8.70. The standard InChI is InChI=1S/C21H17N3O3/c1-27-11-8-5-9-20-15-12-13-14(12)17(21(11,15)20)24-19(26)22(10-6-3-2-4-7-10)18(25)23(24)16(13)20/h2-9,12-17H,1H3/t12-,13+,14+,15-,16-,17+,20-,21+/m1/s1. The van der Waals surface area contributed by atoms with Gasteiger partial charge in [0.25, 0.3) is 0 Å². The van der Waals surface area contributed by atoms with Crippen LogP contribution in [0.1, 0.15) is 12.1 Å². The van der Waals surface area contributed by atoms with Crippen LogP contribution in [0.2, 0.25) is 0 Å². The van der Waals surface area contributed by atoms with Crippen molar-refractivity contribution in [1.29, 1.82) is 0 Å². The summed E-state index contributed by atoms with van der Waals surface area (Å²) in [5, 5.41) is 0. The molecule has 0 unspecified atom stereocenters. The highest BCUT2D eigenvalue weighted by atomic mass is 16.5. The lowest BCUT2D eigenvalue weighted by molar-refractivity contribution is 0.0119. The van der Waals surface area contributed by atoms with Gasteiger partial charge in [-0.1, -0.05) is 30.4 Å². The SMILES string of the molecule is COC1=CC=C[C@@]23[C@H]4[C@H]5[C@H]6[C@H]5[C@H]2n2c(=O)n(-c5ccccc5)c(=O)n2[C@@H]6[C@]143. The summed E-state index contributed by atoms with van der Waals surface area (Å²) < 4.78 is 10.8. The van der Waals surface area contributed by atoms with E-state index >= 15 is 0 Å². The van der Waals surface area contributed by atoms with Crippen molar-refractivity contribution >= 4 is 0 Å². The van der Waals surface area contributed by atoms with Crippen molar-refractivity contribution in [3.8, 4) is 5.69 Å². The average molecular weight is 359 g/mol. The Bertz CT molecular complexity index is 1260. The molecule has 27 heavy (non-hydrogen) atoms. The second kappa shape index (κ2) is 3.51. The number of hydrogen-bond acceptors (Lipinski definition) is 3. The van der Waals surface area contributed by atoms with E-state index in [4.69, 9.17) is 4.74 Å². The highest BCUT2D eigenvalue weighted by Gasteiger charge is 3.04. The molecular weight excluding hydrogens is 342 g/mol. The molecule has 0 saturated heterocycles. The number of aromatic nitrogens is 3. The Hall–Kier alpha value is -2.76. The second-order valence-electron chi connectivity index (χ2n) is 8.92. The Kier molecular flexibility index (Phi) is 1.74. The Balaban J connectivity index is 1.48. The van der Waals surface area contributed by atoms with Gasteiger partial charge < -0.3 is 4.74 Å². The number of nitrogens with zero attached hydrogens (tertiary/aromatic N) is 3. The third kappa shape index (κ3) is 0.947. The third-order valence-corrected chi connectivity index (χ3v) is 8.70. The van der Waals surface area contributed by atoms with E-state index in [1.165, 1.54) is 4.57 Å². The Morgan fingerprint density at radius 1 is 0.963 bits per heavy atom. The van der Waals surface area contributed by atoms with Crippen molar-refractivity contribution in [3.05, 3.63) is 75.3 Å². The molecule has 9 rings (SSSR count). The van der Waals surface area contributed by atoms with Crippen LogP contribution in [0.4, 0.5) is 0 Å². The first-order chi connectivity index (χ1) is 13.2. The van der Waals surface area contributed by atoms with Crippen molar-refractivity contribution in [2.75, 3.05) is 7.11 Å². The van der Waals surface area contributed by atoms with Gasteiger partial charge in [0.1, 0.15) is 5.76 Å². The Morgan fingerprint density at radius 2 is 1.67 bits per heavy atom. The minimum atomic E-state index is -0.203. The van der Waals surface area contributed by atoms with Crippen molar-refractivity contribution in [3.63, 3.8) is 0 Å². The molecule has 134 valence electrons. The lowest BCUT2D eigenvalue weighted by Crippen LogP contribution is -2.53. The fraction of sp³-hybridized carbons (Fsp3) is 0.429. The van der Waals surface area contributed by atoms with Crippen LogP contribution in [0.15, 0.2) is 63.9 Å². The van der Waals surface area contributed by atoms with E-state index in [1.807, 2.05) is 35.0 Å². The summed E-state index contributed by atoms with van der Waals surface area (Å²) >= 11 is 0. The zero-order valence-corrected chi connectivity index (χ0v) is 14.6. The number of hydrogen-bond donors (Lipinski definition) is 0. The largest absolute Gasteiger partial charge is 0.500 e. The maximum atomic E-state index is 13.5. The lowest BCUT2D eigenvalue weighted by atomic mass is 9.68. The quantitative estimate of drug-likeness (QED) is 0.816. The number of ether oxygens (including phenoxy) is 1. The first-order valence-corrected chi connectivity index (χ1v) is 9.66. The minimum absolute atomic E-state index is 0.0268. The first kappa shape index (κ1) is 13.4. The van der Waals surface area contributed by atoms with Gasteiger partial charge in [0.05, 0.1) is 30.3 Å². The zero-order chi connectivity index (χ0) is 17.9. The number of benzene rings is 1. The van der Waals surface area contributed by atoms with Crippen LogP contribution in [-0.4, -0.2) is 21.0 Å². The number of rotatable bonds is 2. The molecule has 3 heterocycles. The van der Waals surface area contributed by atoms with Gasteiger partial charge in [-0.15, -0.1) is 0 Å². The predicted molar refractivity (Wildman–Crippen MR) is 95.4 cm³/mol. The molecule has 4 saturated carbocycles. The zero-order valence-electron chi connectivity index (χ0n) is 14.6. The van der Waals surface area contributed by atoms with Crippen LogP contribution < -0.4 is 11.4 Å². The highest BCUT2D eigenvalue weighted by Crippen LogP contribution is 3.04. The fourth-order valence-electron chi connectivity index (χ4n) is 8.38. The number of para-hydroxylation sites is 1. The molecule has 5 aliphatic carbocycles. The van der Waals surface area contributed by atoms with Gasteiger partial charge in [-0.05, 0) is 41.9 Å². The van der Waals surface area contributed by atoms with Crippen molar-refractivity contribution in [2.24, 2.45) is 34.5 Å². The lowest BCUT2D eigenvalue weighted by Gasteiger charge is -2.48. The van der Waals surface area contributed by atoms with Gasteiger partial charge in [0, 0.05) is 5.41 Å². The van der Waals surface area contributed by atoms with E-state index in [1.54, 1.807) is 11.8 Å². The van der Waals surface area contributed by atoms with Crippen LogP contribution in [0.25, 0.3) is 5.69 Å². The average Bonchev–Trinajstić information content (AvgIpc) is 3.46. The summed E-state index contributed by atoms with van der Waals surface area (Å²) in [6.07, 6.45) is 6.49. The van der Waals surface area contributed by atoms with Crippen molar-refractivity contribution in [1.82, 2.24) is 13.9 Å². The normalized spacial score (nSPS) is 47.4. The summed E-state index contributed by atoms with van der Waals surface area (Å²) in [5.74, 6) is 3.24. The maximum absolute atomic E-state index is 13.5. The van der Waals surface area contributed by atoms with Crippen LogP contribution in [0.3, 0.4) is 0 Å². The second-order valence-corrected chi connectivity index (χ2v) is 8.92. The molecule has 1 aromatic heterocycles. The summed E-state index contributed by atoms with van der Waals surface area (Å²) in [7, 11) is 1.74. The monoisotopic (exact) mass is 359 g/mol. The van der Waals surface area contributed by atoms with Crippen LogP contribution >= 0.6 is 0 Å². The smallest absolute Gasteiger partial charge is 0.352 e. The van der Waals surface area contributed by atoms with E-state index in [0.29, 0.717) is 29.4 Å². The molecule has 1 aromatic carbocycles. The summed E-state index contributed by atoms with van der Waals surface area (Å²) in [4.78, 5) is 26.9. The van der Waals surface area contributed by atoms with Gasteiger partial charge in [0.15, 0.2) is 0 Å². The fourth-order valence-corrected chi connectivity index (χ4v) is 8.38. The molecule has 4 fully saturated rings. The molecule has 2 aromatic rings. The van der Waals surface area contributed by atoms with Crippen molar-refractivity contribution < 1.29 is 4.74 Å². The van der Waals surface area contributed by atoms with E-state index < -0.39 is 0 Å². The van der Waals surface area contributed by atoms with Gasteiger partial charge in [-0.25, -0.2) is 23.5 Å². The molecule has 6 nitrogen and oxygen atoms in total. The van der Waals surface area contributed by atoms with Gasteiger partial charge in [-0.2, -0.15) is 0 Å². The molecule has 0 radical (unpaired) electrons. The number of allylic oxidation sites excluding steroid dienone is 4. The first-order valence-electron chi connectivity index (χ1n) is 9.66. The predicted octanol–water partition coefficient (Wildman–Crippen LogP) is 1.49. The van der Waals surface area contributed by atoms with Crippen molar-refractivity contribution in [2.45, 2.75) is 12.1 Å². The van der Waals surface area contributed by atoms with Crippen LogP contribution in [0, 0.1) is 34.5 Å². The summed E-state index contributed by atoms with van der Waals surface area (Å²) in [6, 6.07) is 9.41. The van der Waals surface area contributed by atoms with Crippen LogP contribution in [0.5, 0.6) is 0 Å². The molecular formula is C21H17N3O3. The van der Waals surface area contributed by atoms with Gasteiger partial charge in [0.2, 0.25) is 0 Å². The molecule has 0 amide bonds. The van der Waals surface area contributed by atoms with E-state index in [-0.39, 0.29) is 34.3 Å². The molecule has 2 aliphatic heterocycles. The highest BCUT2D eigenvalue weighted by molar-refractivity contribution is 5.59. The Morgan fingerprint density at radius 3 is 2.41 bits per heavy atom. The maximum Gasteiger partial charge on any atom is 0.352 e. The van der Waals surface area contributed by atoms with Gasteiger partial charge >= 0.3 is 11.4 Å². The molecule has 8 atom stereocenters. The summed E-state index contributed by atoms with van der Waals surface area (Å²) in [6.45, 7) is 0. The topological polar surface area (TPSA) is 58.2 Å². The molecule has 6 heteroatoms. The Labute approximate surface area is 154 Å².